The fraction of sp³-hybridized carbons (Fsp3) is 0.600. The van der Waals surface area contributed by atoms with Crippen LogP contribution in [-0.4, -0.2) is 25.3 Å². The molecule has 3 nitrogen and oxygen atoms in total. The normalized spacial score (nSPS) is 11.8. The molecule has 20 heavy (non-hydrogen) atoms. The Kier molecular flexibility index (Phi) is 6.20. The van der Waals surface area contributed by atoms with Crippen molar-refractivity contribution in [1.29, 1.82) is 0 Å². The first kappa shape index (κ1) is 16.7. The first-order valence-corrected chi connectivity index (χ1v) is 6.77. The van der Waals surface area contributed by atoms with E-state index in [-0.39, 0.29) is 11.3 Å². The molecule has 0 bridgehead atoms. The number of hydrogen-bond acceptors (Lipinski definition) is 3. The van der Waals surface area contributed by atoms with Gasteiger partial charge in [0.15, 0.2) is 11.5 Å². The van der Waals surface area contributed by atoms with Crippen molar-refractivity contribution in [3.63, 3.8) is 0 Å². The summed E-state index contributed by atoms with van der Waals surface area (Å²) in [6.45, 7) is 6.46. The fourth-order valence-corrected chi connectivity index (χ4v) is 1.75. The lowest BCUT2D eigenvalue weighted by Gasteiger charge is -2.20. The van der Waals surface area contributed by atoms with Gasteiger partial charge in [0.05, 0.1) is 6.61 Å². The van der Waals surface area contributed by atoms with E-state index >= 15 is 0 Å². The molecule has 0 aliphatic heterocycles. The molecule has 0 aliphatic rings. The second kappa shape index (κ2) is 7.43. The predicted octanol–water partition coefficient (Wildman–Crippen LogP) is 3.62. The highest BCUT2D eigenvalue weighted by Crippen LogP contribution is 2.30. The molecule has 1 aromatic carbocycles. The molecule has 0 saturated heterocycles. The Balaban J connectivity index is 2.71. The Morgan fingerprint density at radius 2 is 1.90 bits per heavy atom. The summed E-state index contributed by atoms with van der Waals surface area (Å²) in [5, 5.41) is 3.38. The van der Waals surface area contributed by atoms with E-state index in [0.717, 1.165) is 18.5 Å². The minimum Gasteiger partial charge on any atom is -0.490 e. The van der Waals surface area contributed by atoms with Crippen LogP contribution in [-0.2, 0) is 6.42 Å². The zero-order chi connectivity index (χ0) is 15.2. The maximum atomic E-state index is 12.3. The summed E-state index contributed by atoms with van der Waals surface area (Å²) < 4.78 is 34.4. The average Bonchev–Trinajstić information content (AvgIpc) is 2.30. The van der Waals surface area contributed by atoms with Crippen LogP contribution in [0.2, 0.25) is 0 Å². The Labute approximate surface area is 119 Å². The van der Waals surface area contributed by atoms with Gasteiger partial charge in [-0.05, 0) is 58.4 Å². The van der Waals surface area contributed by atoms with Crippen molar-refractivity contribution < 1.29 is 18.3 Å². The zero-order valence-electron chi connectivity index (χ0n) is 12.5. The lowest BCUT2D eigenvalue weighted by Crippen LogP contribution is -2.37. The second-order valence-corrected chi connectivity index (χ2v) is 5.52. The van der Waals surface area contributed by atoms with Crippen LogP contribution in [0.1, 0.15) is 33.3 Å². The topological polar surface area (TPSA) is 30.5 Å². The molecular formula is C15H23F2NO2. The van der Waals surface area contributed by atoms with Gasteiger partial charge < -0.3 is 14.8 Å². The number of benzene rings is 1. The molecule has 0 atom stereocenters. The van der Waals surface area contributed by atoms with Crippen molar-refractivity contribution in [2.75, 3.05) is 13.2 Å². The largest absolute Gasteiger partial charge is 0.490 e. The second-order valence-electron chi connectivity index (χ2n) is 5.52. The summed E-state index contributed by atoms with van der Waals surface area (Å²) in [5.41, 5.74) is 1.08. The Morgan fingerprint density at radius 1 is 1.20 bits per heavy atom. The maximum absolute atomic E-state index is 12.3. The third-order valence-electron chi connectivity index (χ3n) is 2.59. The van der Waals surface area contributed by atoms with E-state index in [9.17, 15) is 8.78 Å². The lowest BCUT2D eigenvalue weighted by molar-refractivity contribution is -0.0514. The highest BCUT2D eigenvalue weighted by atomic mass is 19.3. The maximum Gasteiger partial charge on any atom is 0.387 e. The van der Waals surface area contributed by atoms with E-state index < -0.39 is 6.61 Å². The Hall–Kier alpha value is -1.36. The summed E-state index contributed by atoms with van der Waals surface area (Å²) in [6.07, 6.45) is 0.798. The molecule has 0 unspecified atom stereocenters. The molecule has 1 N–H and O–H groups in total. The number of nitrogens with one attached hydrogen (secondary N) is 1. The molecule has 5 heteroatoms. The molecule has 0 aromatic heterocycles. The van der Waals surface area contributed by atoms with Gasteiger partial charge in [0.2, 0.25) is 0 Å². The molecule has 1 rings (SSSR count). The molecular weight excluding hydrogens is 264 g/mol. The molecule has 0 radical (unpaired) electrons. The predicted molar refractivity (Wildman–Crippen MR) is 75.7 cm³/mol. The highest BCUT2D eigenvalue weighted by molar-refractivity contribution is 5.43. The quantitative estimate of drug-likeness (QED) is 0.831. The Bertz CT molecular complexity index is 417. The van der Waals surface area contributed by atoms with Crippen LogP contribution in [0.5, 0.6) is 11.5 Å². The molecule has 0 heterocycles. The molecule has 1 aromatic rings. The first-order valence-electron chi connectivity index (χ1n) is 6.77. The van der Waals surface area contributed by atoms with Crippen LogP contribution in [0.15, 0.2) is 18.2 Å². The standard InChI is InChI=1S/C15H23F2NO2/c1-5-19-13-10-11(8-9-18-15(2,3)4)6-7-12(13)20-14(16)17/h6-7,10,14,18H,5,8-9H2,1-4H3. The zero-order valence-corrected chi connectivity index (χ0v) is 12.5. The Morgan fingerprint density at radius 3 is 2.45 bits per heavy atom. The molecule has 0 aliphatic carbocycles. The summed E-state index contributed by atoms with van der Waals surface area (Å²) in [5.74, 6) is 0.440. The molecule has 0 spiro atoms. The van der Waals surface area contributed by atoms with Crippen LogP contribution >= 0.6 is 0 Å². The van der Waals surface area contributed by atoms with Gasteiger partial charge in [-0.25, -0.2) is 0 Å². The minimum atomic E-state index is -2.84. The van der Waals surface area contributed by atoms with Gasteiger partial charge in [-0.2, -0.15) is 8.78 Å². The third kappa shape index (κ3) is 6.19. The average molecular weight is 287 g/mol. The number of ether oxygens (including phenoxy) is 2. The van der Waals surface area contributed by atoms with Crippen LogP contribution < -0.4 is 14.8 Å². The number of halogens is 2. The fourth-order valence-electron chi connectivity index (χ4n) is 1.75. The molecule has 0 saturated carbocycles. The lowest BCUT2D eigenvalue weighted by atomic mass is 10.1. The third-order valence-corrected chi connectivity index (χ3v) is 2.59. The monoisotopic (exact) mass is 287 g/mol. The van der Waals surface area contributed by atoms with Gasteiger partial charge in [0, 0.05) is 5.54 Å². The van der Waals surface area contributed by atoms with Crippen LogP contribution in [0.3, 0.4) is 0 Å². The van der Waals surface area contributed by atoms with Crippen LogP contribution in [0, 0.1) is 0 Å². The van der Waals surface area contributed by atoms with Crippen molar-refractivity contribution in [3.05, 3.63) is 23.8 Å². The van der Waals surface area contributed by atoms with E-state index in [1.165, 1.54) is 6.07 Å². The number of hydrogen-bond donors (Lipinski definition) is 1. The summed E-state index contributed by atoms with van der Waals surface area (Å²) in [4.78, 5) is 0. The van der Waals surface area contributed by atoms with Crippen molar-refractivity contribution in [2.24, 2.45) is 0 Å². The van der Waals surface area contributed by atoms with Crippen molar-refractivity contribution in [1.82, 2.24) is 5.32 Å². The van der Waals surface area contributed by atoms with Gasteiger partial charge in [-0.1, -0.05) is 6.07 Å². The molecule has 0 fully saturated rings. The highest BCUT2D eigenvalue weighted by Gasteiger charge is 2.12. The summed E-state index contributed by atoms with van der Waals surface area (Å²) >= 11 is 0. The summed E-state index contributed by atoms with van der Waals surface area (Å²) in [6, 6.07) is 5.07. The smallest absolute Gasteiger partial charge is 0.387 e. The van der Waals surface area contributed by atoms with Crippen molar-refractivity contribution in [3.8, 4) is 11.5 Å². The van der Waals surface area contributed by atoms with E-state index in [1.54, 1.807) is 19.1 Å². The minimum absolute atomic E-state index is 0.0570. The summed E-state index contributed by atoms with van der Waals surface area (Å²) in [7, 11) is 0. The van der Waals surface area contributed by atoms with Crippen molar-refractivity contribution in [2.45, 2.75) is 46.3 Å². The van der Waals surface area contributed by atoms with Crippen LogP contribution in [0.4, 0.5) is 8.78 Å². The molecule has 0 amide bonds. The van der Waals surface area contributed by atoms with Gasteiger partial charge >= 0.3 is 6.61 Å². The van der Waals surface area contributed by atoms with E-state index in [0.29, 0.717) is 12.4 Å². The van der Waals surface area contributed by atoms with Crippen molar-refractivity contribution >= 4 is 0 Å². The van der Waals surface area contributed by atoms with Gasteiger partial charge in [-0.15, -0.1) is 0 Å². The van der Waals surface area contributed by atoms with E-state index in [2.05, 4.69) is 30.8 Å². The van der Waals surface area contributed by atoms with Crippen LogP contribution in [0.25, 0.3) is 0 Å². The van der Waals surface area contributed by atoms with Gasteiger partial charge in [-0.3, -0.25) is 0 Å². The number of alkyl halides is 2. The van der Waals surface area contributed by atoms with Gasteiger partial charge in [0.1, 0.15) is 0 Å². The van der Waals surface area contributed by atoms with E-state index in [4.69, 9.17) is 4.74 Å². The van der Waals surface area contributed by atoms with E-state index in [1.807, 2.05) is 0 Å². The first-order chi connectivity index (χ1) is 9.31. The molecule has 114 valence electrons. The number of rotatable bonds is 7. The van der Waals surface area contributed by atoms with Gasteiger partial charge in [0.25, 0.3) is 0 Å². The SMILES string of the molecule is CCOc1cc(CCNC(C)(C)C)ccc1OC(F)F.